The fourth-order valence-corrected chi connectivity index (χ4v) is 4.73. The van der Waals surface area contributed by atoms with E-state index in [1.807, 2.05) is 32.0 Å². The van der Waals surface area contributed by atoms with Gasteiger partial charge in [0.1, 0.15) is 18.4 Å². The SMILES string of the molecule is Br.CC(C)C(=O)OCc1cc(C(O)CNC(C)(C)CNC(=O)C2CCCCN2C(=O)c2ccccc2)ccc1OC(=O)C(C)C. The third-order valence-corrected chi connectivity index (χ3v) is 7.56. The fraction of sp³-hybridized carbons (Fsp3) is 0.529. The summed E-state index contributed by atoms with van der Waals surface area (Å²) in [7, 11) is 0. The molecule has 3 rings (SSSR count). The highest BCUT2D eigenvalue weighted by molar-refractivity contribution is 8.93. The van der Waals surface area contributed by atoms with Crippen molar-refractivity contribution in [2.24, 2.45) is 11.8 Å². The summed E-state index contributed by atoms with van der Waals surface area (Å²) < 4.78 is 10.9. The van der Waals surface area contributed by atoms with Gasteiger partial charge >= 0.3 is 11.9 Å². The standard InChI is InChI=1S/C34H47N3O7.BrH/c1-22(2)32(41)43-20-26-18-25(15-16-29(26)44-33(42)23(3)4)28(38)19-36-34(5,6)21-35-30(39)27-14-10-11-17-37(27)31(40)24-12-8-7-9-13-24;/h7-9,12-13,15-16,18,22-23,27-28,36,38H,10-11,14,17,19-21H2,1-6H3,(H,35,39);1H. The van der Waals surface area contributed by atoms with Crippen LogP contribution in [-0.4, -0.2) is 65.0 Å². The Morgan fingerprint density at radius 3 is 2.29 bits per heavy atom. The van der Waals surface area contributed by atoms with E-state index < -0.39 is 23.7 Å². The van der Waals surface area contributed by atoms with Gasteiger partial charge in [0.05, 0.1) is 17.9 Å². The molecule has 0 aliphatic carbocycles. The number of likely N-dealkylation sites (tertiary alicyclic amines) is 1. The summed E-state index contributed by atoms with van der Waals surface area (Å²) in [5.74, 6) is -1.53. The van der Waals surface area contributed by atoms with Gasteiger partial charge in [0, 0.05) is 36.3 Å². The van der Waals surface area contributed by atoms with Crippen LogP contribution < -0.4 is 15.4 Å². The lowest BCUT2D eigenvalue weighted by atomic mass is 9.99. The molecule has 3 N–H and O–H groups in total. The van der Waals surface area contributed by atoms with Gasteiger partial charge in [-0.3, -0.25) is 19.2 Å². The summed E-state index contributed by atoms with van der Waals surface area (Å²) in [4.78, 5) is 52.3. The molecule has 2 atom stereocenters. The number of β-amino-alcohol motifs (C(OH)–C–C–N with tert-alkyl or cyclic N) is 1. The van der Waals surface area contributed by atoms with Gasteiger partial charge in [0.2, 0.25) is 5.91 Å². The predicted molar refractivity (Wildman–Crippen MR) is 177 cm³/mol. The van der Waals surface area contributed by atoms with Crippen molar-refractivity contribution in [3.63, 3.8) is 0 Å². The van der Waals surface area contributed by atoms with E-state index in [9.17, 15) is 24.3 Å². The molecule has 1 aliphatic heterocycles. The molecule has 0 bridgehead atoms. The third kappa shape index (κ3) is 11.2. The zero-order valence-corrected chi connectivity index (χ0v) is 28.8. The third-order valence-electron chi connectivity index (χ3n) is 7.56. The number of carbonyl (C=O) groups excluding carboxylic acids is 4. The number of aliphatic hydroxyl groups excluding tert-OH is 1. The van der Waals surface area contributed by atoms with E-state index in [2.05, 4.69) is 10.6 Å². The number of halogens is 1. The Hall–Kier alpha value is -3.28. The number of aliphatic hydroxyl groups is 1. The first kappa shape index (κ1) is 37.9. The molecule has 2 amide bonds. The highest BCUT2D eigenvalue weighted by atomic mass is 79.9. The van der Waals surface area contributed by atoms with Crippen LogP contribution in [0.15, 0.2) is 48.5 Å². The lowest BCUT2D eigenvalue weighted by molar-refractivity contribution is -0.148. The van der Waals surface area contributed by atoms with Gasteiger partial charge in [-0.05, 0) is 62.9 Å². The van der Waals surface area contributed by atoms with Gasteiger partial charge in [-0.2, -0.15) is 0 Å². The number of ether oxygens (including phenoxy) is 2. The topological polar surface area (TPSA) is 134 Å². The summed E-state index contributed by atoms with van der Waals surface area (Å²) in [5, 5.41) is 17.3. The maximum atomic E-state index is 13.2. The summed E-state index contributed by atoms with van der Waals surface area (Å²) in [5.41, 5.74) is 1.00. The minimum atomic E-state index is -0.934. The molecule has 1 fully saturated rings. The summed E-state index contributed by atoms with van der Waals surface area (Å²) in [6, 6.07) is 13.4. The van der Waals surface area contributed by atoms with Crippen LogP contribution in [0, 0.1) is 11.8 Å². The van der Waals surface area contributed by atoms with E-state index in [-0.39, 0.29) is 72.0 Å². The average Bonchev–Trinajstić information content (AvgIpc) is 3.01. The quantitative estimate of drug-likeness (QED) is 0.203. The Labute approximate surface area is 277 Å². The predicted octanol–water partition coefficient (Wildman–Crippen LogP) is 4.74. The zero-order valence-electron chi connectivity index (χ0n) is 27.1. The van der Waals surface area contributed by atoms with Crippen molar-refractivity contribution in [1.29, 1.82) is 0 Å². The van der Waals surface area contributed by atoms with Gasteiger partial charge < -0.3 is 30.1 Å². The van der Waals surface area contributed by atoms with Crippen molar-refractivity contribution in [2.45, 2.75) is 85.1 Å². The van der Waals surface area contributed by atoms with Gasteiger partial charge in [-0.15, -0.1) is 17.0 Å². The lowest BCUT2D eigenvalue weighted by Gasteiger charge is -2.36. The molecular weight excluding hydrogens is 642 g/mol. The molecule has 2 unspecified atom stereocenters. The van der Waals surface area contributed by atoms with Crippen LogP contribution in [0.4, 0.5) is 0 Å². The maximum absolute atomic E-state index is 13.2. The van der Waals surface area contributed by atoms with E-state index in [4.69, 9.17) is 9.47 Å². The molecule has 0 radical (unpaired) electrons. The van der Waals surface area contributed by atoms with E-state index in [1.54, 1.807) is 62.9 Å². The molecule has 11 heteroatoms. The van der Waals surface area contributed by atoms with Crippen molar-refractivity contribution < 1.29 is 33.8 Å². The number of hydrogen-bond acceptors (Lipinski definition) is 8. The van der Waals surface area contributed by atoms with Crippen LogP contribution in [-0.2, 0) is 25.7 Å². The Kier molecular flexibility index (Phi) is 14.7. The van der Waals surface area contributed by atoms with Crippen molar-refractivity contribution >= 4 is 40.7 Å². The number of piperidine rings is 1. The normalized spacial score (nSPS) is 15.7. The molecule has 0 spiro atoms. The monoisotopic (exact) mass is 689 g/mol. The molecule has 45 heavy (non-hydrogen) atoms. The Balaban J connectivity index is 0.00000705. The van der Waals surface area contributed by atoms with Gasteiger partial charge in [0.25, 0.3) is 5.91 Å². The highest BCUT2D eigenvalue weighted by Crippen LogP contribution is 2.26. The molecular formula is C34H48BrN3O7. The minimum Gasteiger partial charge on any atom is -0.460 e. The van der Waals surface area contributed by atoms with Crippen molar-refractivity contribution in [3.8, 4) is 5.75 Å². The van der Waals surface area contributed by atoms with Crippen LogP contribution in [0.25, 0.3) is 0 Å². The van der Waals surface area contributed by atoms with Gasteiger partial charge in [-0.1, -0.05) is 52.0 Å². The minimum absolute atomic E-state index is 0. The van der Waals surface area contributed by atoms with Crippen LogP contribution >= 0.6 is 17.0 Å². The molecule has 1 saturated heterocycles. The van der Waals surface area contributed by atoms with Crippen LogP contribution in [0.3, 0.4) is 0 Å². The number of nitrogens with zero attached hydrogens (tertiary/aromatic N) is 1. The molecule has 1 heterocycles. The largest absolute Gasteiger partial charge is 0.460 e. The Morgan fingerprint density at radius 1 is 0.978 bits per heavy atom. The smallest absolute Gasteiger partial charge is 0.313 e. The van der Waals surface area contributed by atoms with Crippen LogP contribution in [0.2, 0.25) is 0 Å². The van der Waals surface area contributed by atoms with E-state index in [0.717, 1.165) is 12.8 Å². The number of amides is 2. The summed E-state index contributed by atoms with van der Waals surface area (Å²) in [6.45, 7) is 11.6. The number of esters is 2. The molecule has 1 aliphatic rings. The van der Waals surface area contributed by atoms with Crippen molar-refractivity contribution in [2.75, 3.05) is 19.6 Å². The van der Waals surface area contributed by atoms with E-state index in [1.165, 1.54) is 0 Å². The van der Waals surface area contributed by atoms with E-state index in [0.29, 0.717) is 29.7 Å². The Morgan fingerprint density at radius 2 is 1.64 bits per heavy atom. The van der Waals surface area contributed by atoms with Gasteiger partial charge in [0.15, 0.2) is 0 Å². The number of carbonyl (C=O) groups is 4. The maximum Gasteiger partial charge on any atom is 0.313 e. The zero-order chi connectivity index (χ0) is 32.4. The molecule has 248 valence electrons. The van der Waals surface area contributed by atoms with Gasteiger partial charge in [-0.25, -0.2) is 0 Å². The molecule has 0 saturated carbocycles. The second kappa shape index (κ2) is 17.4. The summed E-state index contributed by atoms with van der Waals surface area (Å²) in [6.07, 6.45) is 1.40. The first-order valence-electron chi connectivity index (χ1n) is 15.4. The molecule has 2 aromatic rings. The van der Waals surface area contributed by atoms with Crippen molar-refractivity contribution in [1.82, 2.24) is 15.5 Å². The van der Waals surface area contributed by atoms with Crippen LogP contribution in [0.1, 0.15) is 88.4 Å². The first-order valence-corrected chi connectivity index (χ1v) is 15.4. The number of benzene rings is 2. The fourth-order valence-electron chi connectivity index (χ4n) is 4.73. The first-order chi connectivity index (χ1) is 20.8. The highest BCUT2D eigenvalue weighted by Gasteiger charge is 2.33. The van der Waals surface area contributed by atoms with E-state index >= 15 is 0 Å². The molecule has 2 aromatic carbocycles. The molecule has 10 nitrogen and oxygen atoms in total. The average molecular weight is 691 g/mol. The summed E-state index contributed by atoms with van der Waals surface area (Å²) >= 11 is 0. The number of hydrogen-bond donors (Lipinski definition) is 3. The number of rotatable bonds is 13. The Bertz CT molecular complexity index is 1300. The van der Waals surface area contributed by atoms with Crippen LogP contribution in [0.5, 0.6) is 5.75 Å². The second-order valence-corrected chi connectivity index (χ2v) is 12.6. The molecule has 0 aromatic heterocycles. The van der Waals surface area contributed by atoms with Crippen molar-refractivity contribution in [3.05, 3.63) is 65.2 Å². The lowest BCUT2D eigenvalue weighted by Crippen LogP contribution is -2.56. The second-order valence-electron chi connectivity index (χ2n) is 12.6. The number of nitrogens with one attached hydrogen (secondary N) is 2.